The van der Waals surface area contributed by atoms with Gasteiger partial charge in [-0.15, -0.1) is 0 Å². The minimum Gasteiger partial charge on any atom is -0.617 e. The van der Waals surface area contributed by atoms with Crippen LogP contribution in [0.15, 0.2) is 0 Å². The zero-order chi connectivity index (χ0) is 10.2. The Kier molecular flexibility index (Phi) is 2.65. The largest absolute Gasteiger partial charge is 0.617 e. The third-order valence-corrected chi connectivity index (χ3v) is 2.72. The van der Waals surface area contributed by atoms with Crippen molar-refractivity contribution >= 4 is 23.2 Å². The highest BCUT2D eigenvalue weighted by Gasteiger charge is 2.20. The van der Waals surface area contributed by atoms with Crippen molar-refractivity contribution in [2.45, 2.75) is 13.8 Å². The summed E-state index contributed by atoms with van der Waals surface area (Å²) in [6.45, 7) is 3.20. The highest BCUT2D eigenvalue weighted by atomic mass is 35.5. The van der Waals surface area contributed by atoms with Crippen molar-refractivity contribution in [3.05, 3.63) is 32.2 Å². The molecule has 0 fully saturated rings. The van der Waals surface area contributed by atoms with Gasteiger partial charge in [0.15, 0.2) is 0 Å². The van der Waals surface area contributed by atoms with Crippen LogP contribution >= 0.6 is 23.2 Å². The van der Waals surface area contributed by atoms with Gasteiger partial charge in [-0.3, -0.25) is 0 Å². The van der Waals surface area contributed by atoms with Crippen molar-refractivity contribution in [1.29, 1.82) is 5.26 Å². The fourth-order valence-corrected chi connectivity index (χ4v) is 1.49. The zero-order valence-corrected chi connectivity index (χ0v) is 8.57. The molecule has 0 saturated heterocycles. The Hall–Kier alpha value is -0.980. The van der Waals surface area contributed by atoms with Gasteiger partial charge in [-0.1, -0.05) is 11.6 Å². The van der Waals surface area contributed by atoms with E-state index < -0.39 is 0 Å². The highest BCUT2D eigenvalue weighted by molar-refractivity contribution is 6.33. The second kappa shape index (κ2) is 3.41. The second-order valence-corrected chi connectivity index (χ2v) is 3.33. The number of pyridine rings is 1. The van der Waals surface area contributed by atoms with Gasteiger partial charge in [0.2, 0.25) is 5.69 Å². The van der Waals surface area contributed by atoms with E-state index in [1.807, 2.05) is 6.07 Å². The maximum absolute atomic E-state index is 11.3. The number of halogens is 2. The smallest absolute Gasteiger partial charge is 0.304 e. The topological polar surface area (TPSA) is 50.7 Å². The van der Waals surface area contributed by atoms with Crippen molar-refractivity contribution in [2.75, 3.05) is 0 Å². The summed E-state index contributed by atoms with van der Waals surface area (Å²) >= 11 is 11.5. The molecule has 0 saturated carbocycles. The van der Waals surface area contributed by atoms with E-state index in [1.54, 1.807) is 13.8 Å². The monoisotopic (exact) mass is 216 g/mol. The molecule has 0 aliphatic heterocycles. The van der Waals surface area contributed by atoms with Crippen molar-refractivity contribution in [3.63, 3.8) is 0 Å². The van der Waals surface area contributed by atoms with Crippen LogP contribution < -0.4 is 4.73 Å². The second-order valence-electron chi connectivity index (χ2n) is 2.60. The first-order valence-electron chi connectivity index (χ1n) is 3.48. The van der Waals surface area contributed by atoms with E-state index in [0.29, 0.717) is 16.0 Å². The van der Waals surface area contributed by atoms with Crippen LogP contribution in [0.4, 0.5) is 0 Å². The summed E-state index contributed by atoms with van der Waals surface area (Å²) in [7, 11) is 0. The van der Waals surface area contributed by atoms with E-state index in [4.69, 9.17) is 28.5 Å². The molecule has 1 aromatic rings. The van der Waals surface area contributed by atoms with E-state index >= 15 is 0 Å². The molecule has 1 heterocycles. The molecule has 1 aromatic heterocycles. The highest BCUT2D eigenvalue weighted by Crippen LogP contribution is 2.24. The summed E-state index contributed by atoms with van der Waals surface area (Å²) < 4.78 is 0.454. The molecule has 13 heavy (non-hydrogen) atoms. The number of hydrogen-bond acceptors (Lipinski definition) is 2. The molecule has 0 unspecified atom stereocenters. The van der Waals surface area contributed by atoms with Crippen molar-refractivity contribution in [1.82, 2.24) is 0 Å². The van der Waals surface area contributed by atoms with Crippen LogP contribution in [0.2, 0.25) is 10.2 Å². The molecule has 0 spiro atoms. The molecule has 0 aromatic carbocycles. The van der Waals surface area contributed by atoms with Crippen LogP contribution in [0, 0.1) is 30.4 Å². The van der Waals surface area contributed by atoms with Gasteiger partial charge >= 0.3 is 5.15 Å². The van der Waals surface area contributed by atoms with Gasteiger partial charge in [0.05, 0.1) is 0 Å². The Morgan fingerprint density at radius 1 is 1.38 bits per heavy atom. The Bertz CT molecular complexity index is 381. The Balaban J connectivity index is 3.69. The molecule has 0 atom stereocenters. The standard InChI is InChI=1S/C8H6Cl2N2O/c1-4-6(3-11)8(10)12(13)5(2)7(4)9/h1-2H3. The van der Waals surface area contributed by atoms with Crippen LogP contribution in [-0.2, 0) is 0 Å². The summed E-state index contributed by atoms with van der Waals surface area (Å²) in [6.07, 6.45) is 0. The molecule has 0 aliphatic rings. The summed E-state index contributed by atoms with van der Waals surface area (Å²) in [5, 5.41) is 20.1. The quantitative estimate of drug-likeness (QED) is 0.379. The SMILES string of the molecule is Cc1c(Cl)c(C)[n+]([O-])c(Cl)c1C#N. The van der Waals surface area contributed by atoms with Crippen molar-refractivity contribution in [2.24, 2.45) is 0 Å². The van der Waals surface area contributed by atoms with Crippen molar-refractivity contribution < 1.29 is 4.73 Å². The maximum Gasteiger partial charge on any atom is 0.304 e. The fourth-order valence-electron chi connectivity index (χ4n) is 1.00. The lowest BCUT2D eigenvalue weighted by molar-refractivity contribution is -0.610. The average molecular weight is 217 g/mol. The molecular weight excluding hydrogens is 211 g/mol. The van der Waals surface area contributed by atoms with Gasteiger partial charge in [-0.05, 0) is 24.1 Å². The summed E-state index contributed by atoms with van der Waals surface area (Å²) in [5.74, 6) is 0. The molecule has 68 valence electrons. The third kappa shape index (κ3) is 1.43. The molecule has 0 aliphatic carbocycles. The minimum atomic E-state index is -0.123. The number of nitrogens with zero attached hydrogens (tertiary/aromatic N) is 2. The Labute approximate surface area is 85.7 Å². The van der Waals surface area contributed by atoms with Crippen LogP contribution in [0.25, 0.3) is 0 Å². The predicted octanol–water partition coefficient (Wildman–Crippen LogP) is 2.12. The summed E-state index contributed by atoms with van der Waals surface area (Å²) in [5.41, 5.74) is 0.981. The summed E-state index contributed by atoms with van der Waals surface area (Å²) in [4.78, 5) is 0. The molecule has 5 heteroatoms. The molecule has 0 radical (unpaired) electrons. The third-order valence-electron chi connectivity index (χ3n) is 1.82. The average Bonchev–Trinajstić information content (AvgIpc) is 2.13. The van der Waals surface area contributed by atoms with E-state index in [2.05, 4.69) is 0 Å². The zero-order valence-electron chi connectivity index (χ0n) is 7.06. The van der Waals surface area contributed by atoms with Crippen LogP contribution in [0.3, 0.4) is 0 Å². The van der Waals surface area contributed by atoms with E-state index in [0.717, 1.165) is 0 Å². The maximum atomic E-state index is 11.3. The molecule has 0 N–H and O–H groups in total. The molecule has 3 nitrogen and oxygen atoms in total. The fraction of sp³-hybridized carbons (Fsp3) is 0.250. The first-order valence-corrected chi connectivity index (χ1v) is 4.24. The lowest BCUT2D eigenvalue weighted by atomic mass is 10.1. The minimum absolute atomic E-state index is 0.123. The van der Waals surface area contributed by atoms with E-state index in [1.165, 1.54) is 0 Å². The van der Waals surface area contributed by atoms with Crippen molar-refractivity contribution in [3.8, 4) is 6.07 Å². The number of aromatic nitrogens is 1. The van der Waals surface area contributed by atoms with Crippen LogP contribution in [-0.4, -0.2) is 0 Å². The number of rotatable bonds is 0. The normalized spacial score (nSPS) is 9.77. The number of nitriles is 1. The molecule has 1 rings (SSSR count). The lowest BCUT2D eigenvalue weighted by Crippen LogP contribution is -2.33. The van der Waals surface area contributed by atoms with Gasteiger partial charge in [-0.25, -0.2) is 0 Å². The molecule has 0 bridgehead atoms. The Morgan fingerprint density at radius 3 is 2.38 bits per heavy atom. The van der Waals surface area contributed by atoms with Gasteiger partial charge in [0.25, 0.3) is 0 Å². The van der Waals surface area contributed by atoms with Gasteiger partial charge in [-0.2, -0.15) is 9.99 Å². The first-order chi connectivity index (χ1) is 6.00. The van der Waals surface area contributed by atoms with E-state index in [-0.39, 0.29) is 15.7 Å². The predicted molar refractivity (Wildman–Crippen MR) is 49.6 cm³/mol. The van der Waals surface area contributed by atoms with Gasteiger partial charge in [0, 0.05) is 6.92 Å². The van der Waals surface area contributed by atoms with Gasteiger partial charge < -0.3 is 5.21 Å². The van der Waals surface area contributed by atoms with E-state index in [9.17, 15) is 5.21 Å². The van der Waals surface area contributed by atoms with Gasteiger partial charge in [0.1, 0.15) is 16.7 Å². The Morgan fingerprint density at radius 2 is 1.92 bits per heavy atom. The molecular formula is C8H6Cl2N2O. The van der Waals surface area contributed by atoms with Crippen LogP contribution in [0.5, 0.6) is 0 Å². The lowest BCUT2D eigenvalue weighted by Gasteiger charge is -2.08. The summed E-state index contributed by atoms with van der Waals surface area (Å²) in [6, 6.07) is 1.84. The first kappa shape index (κ1) is 10.1. The number of hydrogen-bond donors (Lipinski definition) is 0. The van der Waals surface area contributed by atoms with Crippen LogP contribution in [0.1, 0.15) is 16.8 Å². The molecule has 0 amide bonds.